The van der Waals surface area contributed by atoms with E-state index in [1.807, 2.05) is 68.4 Å². The van der Waals surface area contributed by atoms with E-state index in [2.05, 4.69) is 5.32 Å². The van der Waals surface area contributed by atoms with E-state index in [0.29, 0.717) is 17.9 Å². The highest BCUT2D eigenvalue weighted by atomic mass is 16.5. The highest BCUT2D eigenvalue weighted by Crippen LogP contribution is 2.24. The van der Waals surface area contributed by atoms with Crippen LogP contribution in [-0.4, -0.2) is 35.4 Å². The van der Waals surface area contributed by atoms with Crippen molar-refractivity contribution in [2.75, 3.05) is 13.7 Å². The van der Waals surface area contributed by atoms with Gasteiger partial charge in [-0.25, -0.2) is 4.68 Å². The topological polar surface area (TPSA) is 56.1 Å². The smallest absolute Gasteiger partial charge is 0.255 e. The zero-order valence-electron chi connectivity index (χ0n) is 15.3. The molecule has 0 aliphatic carbocycles. The fourth-order valence-corrected chi connectivity index (χ4v) is 2.85. The Morgan fingerprint density at radius 2 is 1.96 bits per heavy atom. The Morgan fingerprint density at radius 3 is 2.65 bits per heavy atom. The third-order valence-corrected chi connectivity index (χ3v) is 4.07. The number of ether oxygens (including phenoxy) is 1. The van der Waals surface area contributed by atoms with Gasteiger partial charge >= 0.3 is 0 Å². The van der Waals surface area contributed by atoms with Crippen LogP contribution in [0.25, 0.3) is 16.9 Å². The van der Waals surface area contributed by atoms with Crippen LogP contribution in [0.4, 0.5) is 0 Å². The number of hydrogen-bond donors (Lipinski definition) is 1. The fraction of sp³-hybridized carbons (Fsp3) is 0.238. The van der Waals surface area contributed by atoms with Gasteiger partial charge in [0, 0.05) is 24.9 Å². The number of benzene rings is 2. The maximum absolute atomic E-state index is 12.8. The number of hydrogen-bond acceptors (Lipinski definition) is 3. The summed E-state index contributed by atoms with van der Waals surface area (Å²) >= 11 is 0. The SMILES string of the molecule is COCC(C)NC(=O)c1cn(-c2ccccc2)nc1-c1cccc(C)c1. The summed E-state index contributed by atoms with van der Waals surface area (Å²) in [6, 6.07) is 17.7. The normalized spacial score (nSPS) is 12.0. The number of carbonyl (C=O) groups is 1. The molecule has 2 aromatic carbocycles. The van der Waals surface area contributed by atoms with Gasteiger partial charge in [-0.1, -0.05) is 42.0 Å². The highest BCUT2D eigenvalue weighted by molar-refractivity contribution is 6.00. The van der Waals surface area contributed by atoms with Gasteiger partial charge in [0.1, 0.15) is 5.69 Å². The van der Waals surface area contributed by atoms with Gasteiger partial charge < -0.3 is 10.1 Å². The van der Waals surface area contributed by atoms with E-state index in [1.54, 1.807) is 18.0 Å². The summed E-state index contributed by atoms with van der Waals surface area (Å²) in [5.41, 5.74) is 4.16. The maximum Gasteiger partial charge on any atom is 0.255 e. The number of nitrogens with zero attached hydrogens (tertiary/aromatic N) is 2. The molecule has 3 aromatic rings. The van der Waals surface area contributed by atoms with Gasteiger partial charge in [-0.15, -0.1) is 0 Å². The lowest BCUT2D eigenvalue weighted by molar-refractivity contribution is 0.0906. The maximum atomic E-state index is 12.8. The van der Waals surface area contributed by atoms with Crippen molar-refractivity contribution in [3.8, 4) is 16.9 Å². The zero-order valence-corrected chi connectivity index (χ0v) is 15.3. The molecule has 1 heterocycles. The van der Waals surface area contributed by atoms with Crippen LogP contribution in [0.5, 0.6) is 0 Å². The summed E-state index contributed by atoms with van der Waals surface area (Å²) in [4.78, 5) is 12.8. The van der Waals surface area contributed by atoms with Crippen LogP contribution < -0.4 is 5.32 Å². The molecule has 0 radical (unpaired) electrons. The molecule has 1 N–H and O–H groups in total. The molecule has 0 aliphatic rings. The second kappa shape index (κ2) is 7.97. The molecule has 134 valence electrons. The van der Waals surface area contributed by atoms with Gasteiger partial charge in [-0.05, 0) is 32.0 Å². The van der Waals surface area contributed by atoms with E-state index in [4.69, 9.17) is 9.84 Å². The van der Waals surface area contributed by atoms with Crippen molar-refractivity contribution in [2.45, 2.75) is 19.9 Å². The number of nitrogens with one attached hydrogen (secondary N) is 1. The van der Waals surface area contributed by atoms with E-state index in [0.717, 1.165) is 16.8 Å². The standard InChI is InChI=1S/C21H23N3O2/c1-15-8-7-9-17(12-15)20-19(21(25)22-16(2)14-26-3)13-24(23-20)18-10-5-4-6-11-18/h4-13,16H,14H2,1-3H3,(H,22,25). The Bertz CT molecular complexity index is 887. The predicted molar refractivity (Wildman–Crippen MR) is 103 cm³/mol. The molecule has 1 unspecified atom stereocenters. The monoisotopic (exact) mass is 349 g/mol. The van der Waals surface area contributed by atoms with Gasteiger partial charge in [-0.3, -0.25) is 4.79 Å². The molecule has 5 heteroatoms. The lowest BCUT2D eigenvalue weighted by atomic mass is 10.1. The average Bonchev–Trinajstić information content (AvgIpc) is 3.08. The number of methoxy groups -OCH3 is 1. The number of para-hydroxylation sites is 1. The van der Waals surface area contributed by atoms with Crippen LogP contribution in [0.15, 0.2) is 60.8 Å². The minimum Gasteiger partial charge on any atom is -0.383 e. The number of aromatic nitrogens is 2. The Balaban J connectivity index is 2.03. The van der Waals surface area contributed by atoms with Gasteiger partial charge in [-0.2, -0.15) is 5.10 Å². The second-order valence-corrected chi connectivity index (χ2v) is 6.37. The minimum atomic E-state index is -0.159. The second-order valence-electron chi connectivity index (χ2n) is 6.37. The first kappa shape index (κ1) is 17.9. The molecule has 0 fully saturated rings. The number of carbonyl (C=O) groups excluding carboxylic acids is 1. The Hall–Kier alpha value is -2.92. The third kappa shape index (κ3) is 4.00. The molecule has 0 spiro atoms. The highest BCUT2D eigenvalue weighted by Gasteiger charge is 2.20. The summed E-state index contributed by atoms with van der Waals surface area (Å²) in [6.45, 7) is 4.39. The molecule has 3 rings (SSSR count). The predicted octanol–water partition coefficient (Wildman–Crippen LogP) is 3.61. The molecule has 5 nitrogen and oxygen atoms in total. The molecule has 0 saturated carbocycles. The summed E-state index contributed by atoms with van der Waals surface area (Å²) in [6.07, 6.45) is 1.78. The average molecular weight is 349 g/mol. The Morgan fingerprint density at radius 1 is 1.19 bits per heavy atom. The van der Waals surface area contributed by atoms with Crippen LogP contribution in [0.2, 0.25) is 0 Å². The van der Waals surface area contributed by atoms with E-state index >= 15 is 0 Å². The van der Waals surface area contributed by atoms with Gasteiger partial charge in [0.05, 0.1) is 17.9 Å². The van der Waals surface area contributed by atoms with Gasteiger partial charge in [0.2, 0.25) is 0 Å². The molecular formula is C21H23N3O2. The largest absolute Gasteiger partial charge is 0.383 e. The van der Waals surface area contributed by atoms with Gasteiger partial charge in [0.25, 0.3) is 5.91 Å². The molecule has 1 aromatic heterocycles. The molecule has 0 bridgehead atoms. The van der Waals surface area contributed by atoms with Crippen LogP contribution in [0, 0.1) is 6.92 Å². The van der Waals surface area contributed by atoms with E-state index in [-0.39, 0.29) is 11.9 Å². The summed E-state index contributed by atoms with van der Waals surface area (Å²) in [5, 5.41) is 7.66. The van der Waals surface area contributed by atoms with Crippen molar-refractivity contribution in [2.24, 2.45) is 0 Å². The number of aryl methyl sites for hydroxylation is 1. The molecule has 0 aliphatic heterocycles. The molecule has 1 amide bonds. The minimum absolute atomic E-state index is 0.0852. The van der Waals surface area contributed by atoms with Crippen molar-refractivity contribution in [3.05, 3.63) is 71.9 Å². The first-order valence-corrected chi connectivity index (χ1v) is 8.60. The van der Waals surface area contributed by atoms with Crippen molar-refractivity contribution in [3.63, 3.8) is 0 Å². The van der Waals surface area contributed by atoms with Crippen molar-refractivity contribution < 1.29 is 9.53 Å². The first-order valence-electron chi connectivity index (χ1n) is 8.60. The fourth-order valence-electron chi connectivity index (χ4n) is 2.85. The van der Waals surface area contributed by atoms with E-state index in [1.165, 1.54) is 0 Å². The molecular weight excluding hydrogens is 326 g/mol. The first-order chi connectivity index (χ1) is 12.6. The Labute approximate surface area is 153 Å². The number of amides is 1. The van der Waals surface area contributed by atoms with Crippen molar-refractivity contribution in [1.29, 1.82) is 0 Å². The number of rotatable bonds is 6. The quantitative estimate of drug-likeness (QED) is 0.739. The van der Waals surface area contributed by atoms with Crippen LogP contribution in [0.3, 0.4) is 0 Å². The molecule has 26 heavy (non-hydrogen) atoms. The van der Waals surface area contributed by atoms with E-state index in [9.17, 15) is 4.79 Å². The lowest BCUT2D eigenvalue weighted by Gasteiger charge is -2.12. The summed E-state index contributed by atoms with van der Waals surface area (Å²) < 4.78 is 6.85. The molecule has 1 atom stereocenters. The van der Waals surface area contributed by atoms with Crippen molar-refractivity contribution >= 4 is 5.91 Å². The van der Waals surface area contributed by atoms with Crippen LogP contribution in [0.1, 0.15) is 22.8 Å². The summed E-state index contributed by atoms with van der Waals surface area (Å²) in [5.74, 6) is -0.159. The molecule has 0 saturated heterocycles. The van der Waals surface area contributed by atoms with Crippen LogP contribution >= 0.6 is 0 Å². The van der Waals surface area contributed by atoms with Crippen molar-refractivity contribution in [1.82, 2.24) is 15.1 Å². The summed E-state index contributed by atoms with van der Waals surface area (Å²) in [7, 11) is 1.62. The van der Waals surface area contributed by atoms with Gasteiger partial charge in [0.15, 0.2) is 0 Å². The zero-order chi connectivity index (χ0) is 18.5. The third-order valence-electron chi connectivity index (χ3n) is 4.07. The Kier molecular flexibility index (Phi) is 5.49. The lowest BCUT2D eigenvalue weighted by Crippen LogP contribution is -2.35. The van der Waals surface area contributed by atoms with E-state index < -0.39 is 0 Å². The van der Waals surface area contributed by atoms with Crippen LogP contribution in [-0.2, 0) is 4.74 Å².